The Labute approximate surface area is 119 Å². The van der Waals surface area contributed by atoms with Crippen molar-refractivity contribution in [2.75, 3.05) is 26.2 Å². The number of nitrogens with one attached hydrogen (secondary N) is 1. The topological polar surface area (TPSA) is 61.8 Å². The molecule has 0 unspecified atom stereocenters. The summed E-state index contributed by atoms with van der Waals surface area (Å²) in [4.78, 5) is 19.0. The third kappa shape index (κ3) is 4.92. The minimum absolute atomic E-state index is 0.122. The molecule has 2 N–H and O–H groups in total. The van der Waals surface area contributed by atoms with Crippen molar-refractivity contribution in [3.05, 3.63) is 35.9 Å². The van der Waals surface area contributed by atoms with Crippen LogP contribution < -0.4 is 5.48 Å². The van der Waals surface area contributed by atoms with Crippen LogP contribution in [-0.2, 0) is 16.2 Å². The first-order valence-corrected chi connectivity index (χ1v) is 7.05. The van der Waals surface area contributed by atoms with Gasteiger partial charge in [-0.2, -0.15) is 0 Å². The zero-order valence-corrected chi connectivity index (χ0v) is 11.6. The van der Waals surface area contributed by atoms with Crippen LogP contribution in [0.15, 0.2) is 30.3 Å². The summed E-state index contributed by atoms with van der Waals surface area (Å²) in [6, 6.07) is 9.72. The van der Waals surface area contributed by atoms with E-state index in [0.29, 0.717) is 19.1 Å². The van der Waals surface area contributed by atoms with Crippen LogP contribution in [0.1, 0.15) is 18.4 Å². The van der Waals surface area contributed by atoms with E-state index in [-0.39, 0.29) is 12.5 Å². The molecule has 20 heavy (non-hydrogen) atoms. The van der Waals surface area contributed by atoms with Gasteiger partial charge >= 0.3 is 0 Å². The summed E-state index contributed by atoms with van der Waals surface area (Å²) in [5.41, 5.74) is 3.50. The molecule has 5 heteroatoms. The zero-order valence-electron chi connectivity index (χ0n) is 11.6. The highest BCUT2D eigenvalue weighted by Gasteiger charge is 2.20. The fourth-order valence-corrected chi connectivity index (χ4v) is 2.34. The lowest BCUT2D eigenvalue weighted by molar-refractivity contribution is -0.136. The minimum Gasteiger partial charge on any atom is -0.396 e. The summed E-state index contributed by atoms with van der Waals surface area (Å²) in [6.45, 7) is 2.70. The number of carbonyl (C=O) groups excluding carboxylic acids is 1. The van der Waals surface area contributed by atoms with E-state index in [1.54, 1.807) is 0 Å². The van der Waals surface area contributed by atoms with Crippen LogP contribution in [0.3, 0.4) is 0 Å². The van der Waals surface area contributed by atoms with E-state index < -0.39 is 0 Å². The van der Waals surface area contributed by atoms with E-state index >= 15 is 0 Å². The van der Waals surface area contributed by atoms with Gasteiger partial charge in [0.2, 0.25) is 0 Å². The van der Waals surface area contributed by atoms with Crippen LogP contribution in [-0.4, -0.2) is 42.2 Å². The molecular weight excluding hydrogens is 256 g/mol. The second-order valence-electron chi connectivity index (χ2n) is 5.20. The molecule has 0 atom stereocenters. The quantitative estimate of drug-likeness (QED) is 0.760. The first kappa shape index (κ1) is 15.0. The van der Waals surface area contributed by atoms with Crippen molar-refractivity contribution in [3.63, 3.8) is 0 Å². The number of benzene rings is 1. The van der Waals surface area contributed by atoms with E-state index in [9.17, 15) is 4.79 Å². The monoisotopic (exact) mass is 278 g/mol. The van der Waals surface area contributed by atoms with E-state index in [1.165, 1.54) is 0 Å². The molecule has 0 aromatic heterocycles. The lowest BCUT2D eigenvalue weighted by Crippen LogP contribution is -2.41. The van der Waals surface area contributed by atoms with Gasteiger partial charge in [-0.1, -0.05) is 30.3 Å². The number of nitrogens with zero attached hydrogens (tertiary/aromatic N) is 1. The van der Waals surface area contributed by atoms with Crippen LogP contribution >= 0.6 is 0 Å². The number of aliphatic hydroxyl groups excluding tert-OH is 1. The third-order valence-electron chi connectivity index (χ3n) is 3.60. The summed E-state index contributed by atoms with van der Waals surface area (Å²) in [5, 5.41) is 9.07. The highest BCUT2D eigenvalue weighted by molar-refractivity contribution is 5.76. The van der Waals surface area contributed by atoms with E-state index in [4.69, 9.17) is 9.94 Å². The first-order valence-electron chi connectivity index (χ1n) is 7.05. The summed E-state index contributed by atoms with van der Waals surface area (Å²) in [6.07, 6.45) is 1.91. The summed E-state index contributed by atoms with van der Waals surface area (Å²) < 4.78 is 0. The molecule has 0 spiro atoms. The number of amides is 1. The third-order valence-corrected chi connectivity index (χ3v) is 3.60. The molecular formula is C15H22N2O3. The van der Waals surface area contributed by atoms with Crippen molar-refractivity contribution in [1.29, 1.82) is 0 Å². The number of likely N-dealkylation sites (tertiary alicyclic amines) is 1. The highest BCUT2D eigenvalue weighted by atomic mass is 16.6. The van der Waals surface area contributed by atoms with E-state index in [1.807, 2.05) is 30.3 Å². The largest absolute Gasteiger partial charge is 0.396 e. The van der Waals surface area contributed by atoms with Gasteiger partial charge in [-0.15, -0.1) is 0 Å². The van der Waals surface area contributed by atoms with Gasteiger partial charge in [0.05, 0.1) is 13.2 Å². The Morgan fingerprint density at radius 2 is 2.00 bits per heavy atom. The Bertz CT molecular complexity index is 403. The molecule has 1 aromatic rings. The van der Waals surface area contributed by atoms with Crippen molar-refractivity contribution < 1.29 is 14.7 Å². The van der Waals surface area contributed by atoms with Crippen molar-refractivity contribution in [1.82, 2.24) is 10.4 Å². The van der Waals surface area contributed by atoms with Gasteiger partial charge in [0.1, 0.15) is 0 Å². The lowest BCUT2D eigenvalue weighted by atomic mass is 9.98. The zero-order chi connectivity index (χ0) is 14.2. The van der Waals surface area contributed by atoms with Crippen molar-refractivity contribution in [2.45, 2.75) is 19.4 Å². The summed E-state index contributed by atoms with van der Waals surface area (Å²) >= 11 is 0. The van der Waals surface area contributed by atoms with Crippen LogP contribution in [0.4, 0.5) is 0 Å². The summed E-state index contributed by atoms with van der Waals surface area (Å²) in [7, 11) is 0. The number of aliphatic hydroxyl groups is 1. The smallest absolute Gasteiger partial charge is 0.257 e. The Morgan fingerprint density at radius 3 is 2.65 bits per heavy atom. The minimum atomic E-state index is -0.122. The second kappa shape index (κ2) is 7.99. The van der Waals surface area contributed by atoms with E-state index in [2.05, 4.69) is 10.4 Å². The molecule has 1 aliphatic rings. The predicted octanol–water partition coefficient (Wildman–Crippen LogP) is 0.939. The standard InChI is InChI=1S/C15H22N2O3/c18-11-13-6-8-17(9-7-13)10-15(19)16-20-12-14-4-2-1-3-5-14/h1-5,13,18H,6-12H2,(H,16,19). The molecule has 5 nitrogen and oxygen atoms in total. The number of hydrogen-bond acceptors (Lipinski definition) is 4. The number of piperidine rings is 1. The number of hydroxylamine groups is 1. The van der Waals surface area contributed by atoms with Gasteiger partial charge in [-0.25, -0.2) is 5.48 Å². The molecule has 1 aliphatic heterocycles. The SMILES string of the molecule is O=C(CN1CCC(CO)CC1)NOCc1ccccc1. The van der Waals surface area contributed by atoms with Gasteiger partial charge in [0.25, 0.3) is 5.91 Å². The molecule has 2 rings (SSSR count). The molecule has 0 aliphatic carbocycles. The second-order valence-corrected chi connectivity index (χ2v) is 5.20. The van der Waals surface area contributed by atoms with Crippen molar-refractivity contribution >= 4 is 5.91 Å². The molecule has 0 radical (unpaired) electrons. The first-order chi connectivity index (χ1) is 9.78. The maximum atomic E-state index is 11.7. The maximum absolute atomic E-state index is 11.7. The molecule has 1 saturated heterocycles. The molecule has 1 fully saturated rings. The lowest BCUT2D eigenvalue weighted by Gasteiger charge is -2.30. The van der Waals surface area contributed by atoms with Crippen LogP contribution in [0.5, 0.6) is 0 Å². The van der Waals surface area contributed by atoms with Gasteiger partial charge < -0.3 is 5.11 Å². The predicted molar refractivity (Wildman–Crippen MR) is 75.6 cm³/mol. The average molecular weight is 278 g/mol. The maximum Gasteiger partial charge on any atom is 0.257 e. The van der Waals surface area contributed by atoms with Gasteiger partial charge in [0.15, 0.2) is 0 Å². The molecule has 110 valence electrons. The van der Waals surface area contributed by atoms with Crippen LogP contribution in [0, 0.1) is 5.92 Å². The van der Waals surface area contributed by atoms with Crippen LogP contribution in [0.2, 0.25) is 0 Å². The van der Waals surface area contributed by atoms with Gasteiger partial charge in [0, 0.05) is 6.61 Å². The number of hydrogen-bond donors (Lipinski definition) is 2. The summed E-state index contributed by atoms with van der Waals surface area (Å²) in [5.74, 6) is 0.270. The van der Waals surface area contributed by atoms with Crippen LogP contribution in [0.25, 0.3) is 0 Å². The average Bonchev–Trinajstić information content (AvgIpc) is 2.49. The van der Waals surface area contributed by atoms with Crippen molar-refractivity contribution in [3.8, 4) is 0 Å². The van der Waals surface area contributed by atoms with Crippen molar-refractivity contribution in [2.24, 2.45) is 5.92 Å². The Balaban J connectivity index is 1.61. The Hall–Kier alpha value is -1.43. The molecule has 1 aromatic carbocycles. The highest BCUT2D eigenvalue weighted by Crippen LogP contribution is 2.15. The molecule has 1 heterocycles. The fraction of sp³-hybridized carbons (Fsp3) is 0.533. The fourth-order valence-electron chi connectivity index (χ4n) is 2.34. The Morgan fingerprint density at radius 1 is 1.30 bits per heavy atom. The molecule has 0 saturated carbocycles. The van der Waals surface area contributed by atoms with Gasteiger partial charge in [-0.05, 0) is 37.4 Å². The Kier molecular flexibility index (Phi) is 5.98. The normalized spacial score (nSPS) is 17.1. The molecule has 1 amide bonds. The van der Waals surface area contributed by atoms with E-state index in [0.717, 1.165) is 31.5 Å². The number of rotatable bonds is 6. The molecule has 0 bridgehead atoms. The van der Waals surface area contributed by atoms with Gasteiger partial charge in [-0.3, -0.25) is 14.5 Å². The number of carbonyl (C=O) groups is 1.